The largest absolute Gasteiger partial charge is 0.389 e. The van der Waals surface area contributed by atoms with Crippen LogP contribution in [0.5, 0.6) is 0 Å². The third-order valence-electron chi connectivity index (χ3n) is 3.50. The molecule has 110 valence electrons. The highest BCUT2D eigenvalue weighted by molar-refractivity contribution is 7.80. The number of benzene rings is 1. The van der Waals surface area contributed by atoms with Gasteiger partial charge in [0.05, 0.1) is 5.60 Å². The second-order valence-corrected chi connectivity index (χ2v) is 6.43. The lowest BCUT2D eigenvalue weighted by molar-refractivity contribution is 0.0345. The predicted octanol–water partition coefficient (Wildman–Crippen LogP) is 1.21. The van der Waals surface area contributed by atoms with Crippen molar-refractivity contribution < 1.29 is 5.11 Å². The fourth-order valence-electron chi connectivity index (χ4n) is 2.55. The number of thiocarbonyl (C=S) groups is 1. The van der Waals surface area contributed by atoms with Gasteiger partial charge < -0.3 is 15.7 Å². The normalized spacial score (nSPS) is 17.2. The summed E-state index contributed by atoms with van der Waals surface area (Å²) in [6.07, 6.45) is 0. The Bertz CT molecular complexity index is 459. The summed E-state index contributed by atoms with van der Waals surface area (Å²) in [6, 6.07) is 8.09. The number of nitrogens with zero attached hydrogens (tertiary/aromatic N) is 2. The van der Waals surface area contributed by atoms with Gasteiger partial charge in [-0.1, -0.05) is 12.2 Å². The molecule has 0 unspecified atom stereocenters. The summed E-state index contributed by atoms with van der Waals surface area (Å²) in [5, 5.41) is 9.86. The lowest BCUT2D eigenvalue weighted by Crippen LogP contribution is -2.50. The Morgan fingerprint density at radius 3 is 2.20 bits per heavy atom. The van der Waals surface area contributed by atoms with Gasteiger partial charge in [0, 0.05) is 44.0 Å². The average Bonchev–Trinajstić information content (AvgIpc) is 2.38. The number of hydrogen-bond acceptors (Lipinski definition) is 4. The van der Waals surface area contributed by atoms with Gasteiger partial charge in [-0.15, -0.1) is 0 Å². The van der Waals surface area contributed by atoms with Crippen LogP contribution in [0.25, 0.3) is 0 Å². The molecule has 0 aliphatic carbocycles. The SMILES string of the molecule is CC(C)(O)CN1CCN(c2ccc(C(N)=S)cc2)CC1. The number of hydrogen-bond donors (Lipinski definition) is 2. The Labute approximate surface area is 126 Å². The monoisotopic (exact) mass is 293 g/mol. The molecule has 1 aromatic carbocycles. The first-order valence-corrected chi connectivity index (χ1v) is 7.35. The molecule has 4 nitrogen and oxygen atoms in total. The van der Waals surface area contributed by atoms with E-state index in [1.807, 2.05) is 26.0 Å². The Kier molecular flexibility index (Phi) is 4.62. The summed E-state index contributed by atoms with van der Waals surface area (Å²) in [5.41, 5.74) is 7.09. The highest BCUT2D eigenvalue weighted by atomic mass is 32.1. The number of β-amino-alcohol motifs (C(OH)–C–C–N with tert-alkyl or cyclic N) is 1. The van der Waals surface area contributed by atoms with Crippen LogP contribution in [0, 0.1) is 0 Å². The van der Waals surface area contributed by atoms with E-state index in [4.69, 9.17) is 18.0 Å². The van der Waals surface area contributed by atoms with Crippen LogP contribution in [-0.4, -0.2) is 53.3 Å². The maximum absolute atomic E-state index is 9.86. The van der Waals surface area contributed by atoms with E-state index in [9.17, 15) is 5.11 Å². The molecule has 1 heterocycles. The van der Waals surface area contributed by atoms with Gasteiger partial charge in [-0.2, -0.15) is 0 Å². The molecule has 0 spiro atoms. The predicted molar refractivity (Wildman–Crippen MR) is 87.3 cm³/mol. The van der Waals surface area contributed by atoms with Gasteiger partial charge in [-0.25, -0.2) is 0 Å². The average molecular weight is 293 g/mol. The van der Waals surface area contributed by atoms with E-state index in [0.29, 0.717) is 4.99 Å². The first-order valence-electron chi connectivity index (χ1n) is 6.95. The molecule has 0 amide bonds. The van der Waals surface area contributed by atoms with Crippen molar-refractivity contribution in [3.63, 3.8) is 0 Å². The molecule has 2 rings (SSSR count). The van der Waals surface area contributed by atoms with Crippen LogP contribution < -0.4 is 10.6 Å². The van der Waals surface area contributed by atoms with Crippen molar-refractivity contribution in [3.8, 4) is 0 Å². The second-order valence-electron chi connectivity index (χ2n) is 5.99. The van der Waals surface area contributed by atoms with Crippen LogP contribution in [0.15, 0.2) is 24.3 Å². The molecule has 3 N–H and O–H groups in total. The Balaban J connectivity index is 1.92. The van der Waals surface area contributed by atoms with E-state index >= 15 is 0 Å². The van der Waals surface area contributed by atoms with Crippen molar-refractivity contribution in [3.05, 3.63) is 29.8 Å². The summed E-state index contributed by atoms with van der Waals surface area (Å²) >= 11 is 4.96. The van der Waals surface area contributed by atoms with Crippen molar-refractivity contribution in [1.82, 2.24) is 4.90 Å². The van der Waals surface area contributed by atoms with Crippen molar-refractivity contribution in [2.24, 2.45) is 5.73 Å². The van der Waals surface area contributed by atoms with Gasteiger partial charge in [0.1, 0.15) is 4.99 Å². The van der Waals surface area contributed by atoms with Gasteiger partial charge in [-0.05, 0) is 38.1 Å². The van der Waals surface area contributed by atoms with Crippen LogP contribution >= 0.6 is 12.2 Å². The quantitative estimate of drug-likeness (QED) is 0.818. The zero-order valence-corrected chi connectivity index (χ0v) is 13.0. The van der Waals surface area contributed by atoms with E-state index in [-0.39, 0.29) is 0 Å². The summed E-state index contributed by atoms with van der Waals surface area (Å²) in [6.45, 7) is 8.33. The van der Waals surface area contributed by atoms with Crippen molar-refractivity contribution in [2.45, 2.75) is 19.4 Å². The molecule has 1 aliphatic heterocycles. The second kappa shape index (κ2) is 6.08. The Morgan fingerprint density at radius 2 is 1.75 bits per heavy atom. The zero-order valence-electron chi connectivity index (χ0n) is 12.2. The number of piperazine rings is 1. The van der Waals surface area contributed by atoms with Crippen molar-refractivity contribution >= 4 is 22.9 Å². The standard InChI is InChI=1S/C15H23N3OS/c1-15(2,19)11-17-7-9-18(10-8-17)13-5-3-12(4-6-13)14(16)20/h3-6,19H,7-11H2,1-2H3,(H2,16,20). The fourth-order valence-corrected chi connectivity index (χ4v) is 2.68. The molecule has 20 heavy (non-hydrogen) atoms. The molecule has 0 aromatic heterocycles. The minimum atomic E-state index is -0.624. The maximum atomic E-state index is 9.86. The molecular formula is C15H23N3OS. The van der Waals surface area contributed by atoms with E-state index in [0.717, 1.165) is 38.3 Å². The molecular weight excluding hydrogens is 270 g/mol. The van der Waals surface area contributed by atoms with Gasteiger partial charge in [-0.3, -0.25) is 4.90 Å². The molecule has 0 radical (unpaired) electrons. The van der Waals surface area contributed by atoms with E-state index in [2.05, 4.69) is 21.9 Å². The van der Waals surface area contributed by atoms with Crippen LogP contribution in [0.4, 0.5) is 5.69 Å². The third kappa shape index (κ3) is 4.16. The number of rotatable bonds is 4. The van der Waals surface area contributed by atoms with Crippen LogP contribution in [0.1, 0.15) is 19.4 Å². The molecule has 0 atom stereocenters. The van der Waals surface area contributed by atoms with Crippen LogP contribution in [0.3, 0.4) is 0 Å². The Morgan fingerprint density at radius 1 is 1.20 bits per heavy atom. The van der Waals surface area contributed by atoms with Gasteiger partial charge in [0.25, 0.3) is 0 Å². The molecule has 5 heteroatoms. The van der Waals surface area contributed by atoms with Crippen molar-refractivity contribution in [2.75, 3.05) is 37.6 Å². The lowest BCUT2D eigenvalue weighted by Gasteiger charge is -2.38. The highest BCUT2D eigenvalue weighted by Crippen LogP contribution is 2.18. The third-order valence-corrected chi connectivity index (χ3v) is 3.74. The van der Waals surface area contributed by atoms with E-state index in [1.165, 1.54) is 5.69 Å². The summed E-state index contributed by atoms with van der Waals surface area (Å²) in [7, 11) is 0. The van der Waals surface area contributed by atoms with E-state index in [1.54, 1.807) is 0 Å². The Hall–Kier alpha value is -1.17. The maximum Gasteiger partial charge on any atom is 0.103 e. The summed E-state index contributed by atoms with van der Waals surface area (Å²) in [4.78, 5) is 5.09. The van der Waals surface area contributed by atoms with Crippen LogP contribution in [0.2, 0.25) is 0 Å². The summed E-state index contributed by atoms with van der Waals surface area (Å²) < 4.78 is 0. The first kappa shape index (κ1) is 15.2. The highest BCUT2D eigenvalue weighted by Gasteiger charge is 2.22. The smallest absolute Gasteiger partial charge is 0.103 e. The summed E-state index contributed by atoms with van der Waals surface area (Å²) in [5.74, 6) is 0. The van der Waals surface area contributed by atoms with Gasteiger partial charge in [0.15, 0.2) is 0 Å². The molecule has 1 fully saturated rings. The number of aliphatic hydroxyl groups is 1. The van der Waals surface area contributed by atoms with Gasteiger partial charge >= 0.3 is 0 Å². The lowest BCUT2D eigenvalue weighted by atomic mass is 10.1. The molecule has 0 bridgehead atoms. The number of anilines is 1. The first-order chi connectivity index (χ1) is 9.35. The molecule has 1 aromatic rings. The van der Waals surface area contributed by atoms with Crippen LogP contribution in [-0.2, 0) is 0 Å². The number of nitrogens with two attached hydrogens (primary N) is 1. The minimum absolute atomic E-state index is 0.437. The van der Waals surface area contributed by atoms with E-state index < -0.39 is 5.60 Å². The molecule has 0 saturated carbocycles. The molecule has 1 saturated heterocycles. The molecule has 1 aliphatic rings. The van der Waals surface area contributed by atoms with Gasteiger partial charge in [0.2, 0.25) is 0 Å². The minimum Gasteiger partial charge on any atom is -0.389 e. The topological polar surface area (TPSA) is 52.7 Å². The zero-order chi connectivity index (χ0) is 14.8. The fraction of sp³-hybridized carbons (Fsp3) is 0.533. The van der Waals surface area contributed by atoms with Crippen molar-refractivity contribution in [1.29, 1.82) is 0 Å².